The number of thiol groups is 1. The minimum absolute atomic E-state index is 0.633. The van der Waals surface area contributed by atoms with Crippen molar-refractivity contribution in [1.82, 2.24) is 0 Å². The average molecular weight is 195 g/mol. The summed E-state index contributed by atoms with van der Waals surface area (Å²) in [6, 6.07) is 10.4. The summed E-state index contributed by atoms with van der Waals surface area (Å²) in [6.45, 7) is 3.28. The highest BCUT2D eigenvalue weighted by Gasteiger charge is 2.04. The number of para-hydroxylation sites is 1. The smallest absolute Gasteiger partial charge is 0.0363 e. The molecule has 13 heavy (non-hydrogen) atoms. The summed E-state index contributed by atoms with van der Waals surface area (Å²) in [5.74, 6) is 1.57. The van der Waals surface area contributed by atoms with Gasteiger partial charge in [-0.3, -0.25) is 0 Å². The lowest BCUT2D eigenvalue weighted by Gasteiger charge is -2.22. The molecule has 72 valence electrons. The second-order valence-electron chi connectivity index (χ2n) is 3.50. The van der Waals surface area contributed by atoms with Crippen LogP contribution in [0.3, 0.4) is 0 Å². The van der Waals surface area contributed by atoms with Crippen LogP contribution >= 0.6 is 12.6 Å². The highest BCUT2D eigenvalue weighted by molar-refractivity contribution is 7.80. The first kappa shape index (κ1) is 10.5. The van der Waals surface area contributed by atoms with E-state index in [2.05, 4.69) is 55.8 Å². The van der Waals surface area contributed by atoms with E-state index in [9.17, 15) is 0 Å². The Bertz CT molecular complexity index is 235. The topological polar surface area (TPSA) is 3.24 Å². The molecule has 0 N–H and O–H groups in total. The van der Waals surface area contributed by atoms with Gasteiger partial charge >= 0.3 is 0 Å². The maximum Gasteiger partial charge on any atom is 0.0363 e. The van der Waals surface area contributed by atoms with E-state index in [-0.39, 0.29) is 0 Å². The van der Waals surface area contributed by atoms with Crippen LogP contribution in [0.1, 0.15) is 6.92 Å². The van der Waals surface area contributed by atoms with Crippen LogP contribution in [0.4, 0.5) is 5.69 Å². The molecule has 0 radical (unpaired) electrons. The molecule has 0 amide bonds. The van der Waals surface area contributed by atoms with Crippen LogP contribution in [-0.2, 0) is 0 Å². The van der Waals surface area contributed by atoms with Gasteiger partial charge in [-0.05, 0) is 23.8 Å². The Morgan fingerprint density at radius 2 is 1.92 bits per heavy atom. The number of benzene rings is 1. The minimum atomic E-state index is 0.633. The normalized spacial score (nSPS) is 12.5. The van der Waals surface area contributed by atoms with E-state index in [1.54, 1.807) is 0 Å². The Morgan fingerprint density at radius 1 is 1.31 bits per heavy atom. The molecule has 0 fully saturated rings. The van der Waals surface area contributed by atoms with Crippen molar-refractivity contribution in [1.29, 1.82) is 0 Å². The van der Waals surface area contributed by atoms with Crippen molar-refractivity contribution in [3.05, 3.63) is 30.3 Å². The molecule has 0 aliphatic heterocycles. The number of hydrogen-bond acceptors (Lipinski definition) is 2. The van der Waals surface area contributed by atoms with Gasteiger partial charge in [0.15, 0.2) is 0 Å². The molecule has 0 bridgehead atoms. The van der Waals surface area contributed by atoms with E-state index in [1.165, 1.54) is 5.69 Å². The quantitative estimate of drug-likeness (QED) is 0.723. The van der Waals surface area contributed by atoms with Gasteiger partial charge in [0.25, 0.3) is 0 Å². The maximum absolute atomic E-state index is 4.28. The Morgan fingerprint density at radius 3 is 2.46 bits per heavy atom. The summed E-state index contributed by atoms with van der Waals surface area (Å²) in [6.07, 6.45) is 0. The molecule has 1 aromatic carbocycles. The Labute approximate surface area is 86.2 Å². The molecule has 1 aromatic rings. The maximum atomic E-state index is 4.28. The van der Waals surface area contributed by atoms with Gasteiger partial charge in [-0.2, -0.15) is 12.6 Å². The van der Waals surface area contributed by atoms with Crippen molar-refractivity contribution in [3.8, 4) is 0 Å². The minimum Gasteiger partial charge on any atom is -0.374 e. The summed E-state index contributed by atoms with van der Waals surface area (Å²) in [5, 5.41) is 0. The highest BCUT2D eigenvalue weighted by atomic mass is 32.1. The third-order valence-electron chi connectivity index (χ3n) is 2.09. The van der Waals surface area contributed by atoms with Crippen molar-refractivity contribution >= 4 is 18.3 Å². The van der Waals surface area contributed by atoms with E-state index < -0.39 is 0 Å². The monoisotopic (exact) mass is 195 g/mol. The van der Waals surface area contributed by atoms with Gasteiger partial charge in [0, 0.05) is 19.3 Å². The Balaban J connectivity index is 2.53. The number of rotatable bonds is 4. The largest absolute Gasteiger partial charge is 0.374 e. The number of hydrogen-bond donors (Lipinski definition) is 1. The van der Waals surface area contributed by atoms with Crippen LogP contribution in [0.5, 0.6) is 0 Å². The van der Waals surface area contributed by atoms with Crippen LogP contribution in [0.2, 0.25) is 0 Å². The van der Waals surface area contributed by atoms with E-state index in [4.69, 9.17) is 0 Å². The lowest BCUT2D eigenvalue weighted by Crippen LogP contribution is -2.24. The fraction of sp³-hybridized carbons (Fsp3) is 0.455. The van der Waals surface area contributed by atoms with Gasteiger partial charge in [0.1, 0.15) is 0 Å². The van der Waals surface area contributed by atoms with Gasteiger partial charge in [-0.1, -0.05) is 25.1 Å². The fourth-order valence-corrected chi connectivity index (χ4v) is 1.43. The molecule has 1 rings (SSSR count). The first-order valence-corrected chi connectivity index (χ1v) is 5.24. The summed E-state index contributed by atoms with van der Waals surface area (Å²) < 4.78 is 0. The van der Waals surface area contributed by atoms with Gasteiger partial charge in [0.05, 0.1) is 0 Å². The van der Waals surface area contributed by atoms with E-state index in [0.29, 0.717) is 5.92 Å². The van der Waals surface area contributed by atoms with E-state index >= 15 is 0 Å². The summed E-state index contributed by atoms with van der Waals surface area (Å²) >= 11 is 4.28. The average Bonchev–Trinajstić information content (AvgIpc) is 2.19. The van der Waals surface area contributed by atoms with Crippen molar-refractivity contribution in [2.24, 2.45) is 5.92 Å². The van der Waals surface area contributed by atoms with Crippen molar-refractivity contribution in [2.75, 3.05) is 24.2 Å². The molecule has 0 saturated carbocycles. The molecule has 0 saturated heterocycles. The van der Waals surface area contributed by atoms with Crippen molar-refractivity contribution < 1.29 is 0 Å². The van der Waals surface area contributed by atoms with Crippen LogP contribution < -0.4 is 4.90 Å². The Hall–Kier alpha value is -0.630. The molecule has 2 heteroatoms. The lowest BCUT2D eigenvalue weighted by atomic mass is 10.2. The molecular weight excluding hydrogens is 178 g/mol. The third kappa shape index (κ3) is 3.31. The molecule has 1 unspecified atom stereocenters. The Kier molecular flexibility index (Phi) is 4.16. The molecule has 1 nitrogen and oxygen atoms in total. The summed E-state index contributed by atoms with van der Waals surface area (Å²) in [4.78, 5) is 2.26. The van der Waals surface area contributed by atoms with Crippen molar-refractivity contribution in [2.45, 2.75) is 6.92 Å². The summed E-state index contributed by atoms with van der Waals surface area (Å²) in [7, 11) is 2.12. The van der Waals surface area contributed by atoms with Crippen molar-refractivity contribution in [3.63, 3.8) is 0 Å². The molecular formula is C11H17NS. The van der Waals surface area contributed by atoms with E-state index in [0.717, 1.165) is 12.3 Å². The SMILES string of the molecule is CC(CS)CN(C)c1ccccc1. The molecule has 0 aliphatic rings. The lowest BCUT2D eigenvalue weighted by molar-refractivity contribution is 0.650. The zero-order chi connectivity index (χ0) is 9.68. The molecule has 1 atom stereocenters. The van der Waals surface area contributed by atoms with Crippen LogP contribution in [0, 0.1) is 5.92 Å². The predicted octanol–water partition coefficient (Wildman–Crippen LogP) is 2.69. The fourth-order valence-electron chi connectivity index (χ4n) is 1.31. The zero-order valence-corrected chi connectivity index (χ0v) is 9.17. The molecule has 0 spiro atoms. The number of nitrogens with zero attached hydrogens (tertiary/aromatic N) is 1. The second kappa shape index (κ2) is 5.18. The third-order valence-corrected chi connectivity index (χ3v) is 2.72. The summed E-state index contributed by atoms with van der Waals surface area (Å²) in [5.41, 5.74) is 1.27. The number of anilines is 1. The van der Waals surface area contributed by atoms with Crippen LogP contribution in [0.15, 0.2) is 30.3 Å². The first-order chi connectivity index (χ1) is 6.24. The van der Waals surface area contributed by atoms with E-state index in [1.807, 2.05) is 6.07 Å². The van der Waals surface area contributed by atoms with Gasteiger partial charge in [-0.25, -0.2) is 0 Å². The van der Waals surface area contributed by atoms with Gasteiger partial charge < -0.3 is 4.90 Å². The highest BCUT2D eigenvalue weighted by Crippen LogP contribution is 2.12. The molecule has 0 aromatic heterocycles. The molecule has 0 aliphatic carbocycles. The first-order valence-electron chi connectivity index (χ1n) is 4.61. The predicted molar refractivity (Wildman–Crippen MR) is 62.7 cm³/mol. The standard InChI is InChI=1S/C11H17NS/c1-10(9-13)8-12(2)11-6-4-3-5-7-11/h3-7,10,13H,8-9H2,1-2H3. The molecule has 0 heterocycles. The zero-order valence-electron chi connectivity index (χ0n) is 8.27. The second-order valence-corrected chi connectivity index (χ2v) is 3.87. The van der Waals surface area contributed by atoms with Gasteiger partial charge in [-0.15, -0.1) is 0 Å². The van der Waals surface area contributed by atoms with Gasteiger partial charge in [0.2, 0.25) is 0 Å². The van der Waals surface area contributed by atoms with Crippen LogP contribution in [0.25, 0.3) is 0 Å². The van der Waals surface area contributed by atoms with Crippen LogP contribution in [-0.4, -0.2) is 19.3 Å².